The Hall–Kier alpha value is -2.73. The van der Waals surface area contributed by atoms with Gasteiger partial charge in [0.2, 0.25) is 0 Å². The fourth-order valence-corrected chi connectivity index (χ4v) is 3.48. The van der Waals surface area contributed by atoms with Crippen LogP contribution in [0.25, 0.3) is 0 Å². The van der Waals surface area contributed by atoms with Gasteiger partial charge < -0.3 is 9.80 Å². The molecule has 4 rings (SSSR count). The summed E-state index contributed by atoms with van der Waals surface area (Å²) in [7, 11) is 4.24. The second kappa shape index (κ2) is 7.25. The van der Waals surface area contributed by atoms with E-state index in [2.05, 4.69) is 69.4 Å². The highest BCUT2D eigenvalue weighted by Gasteiger charge is 2.20. The maximum atomic E-state index is 4.56. The summed E-state index contributed by atoms with van der Waals surface area (Å²) in [6.45, 7) is 3.53. The van der Waals surface area contributed by atoms with Crippen LogP contribution in [0.4, 0.5) is 5.82 Å². The number of hydrogen-bond acceptors (Lipinski definition) is 5. The van der Waals surface area contributed by atoms with Crippen LogP contribution in [0.1, 0.15) is 22.4 Å². The Labute approximate surface area is 154 Å². The number of rotatable bonds is 5. The van der Waals surface area contributed by atoms with E-state index in [0.717, 1.165) is 38.4 Å². The lowest BCUT2D eigenvalue weighted by molar-refractivity contribution is 0.309. The summed E-state index contributed by atoms with van der Waals surface area (Å²) in [5.41, 5.74) is 4.86. The summed E-state index contributed by atoms with van der Waals surface area (Å²) in [5, 5.41) is 4.51. The number of fused-ring (bicyclic) bond motifs is 1. The highest BCUT2D eigenvalue weighted by molar-refractivity contribution is 5.49. The third kappa shape index (κ3) is 3.60. The van der Waals surface area contributed by atoms with E-state index in [0.29, 0.717) is 0 Å². The number of aromatic nitrogens is 4. The van der Waals surface area contributed by atoms with Crippen LogP contribution in [-0.4, -0.2) is 45.3 Å². The molecular weight excluding hydrogens is 324 g/mol. The number of likely N-dealkylation sites (N-methyl/N-ethyl adjacent to an activating group) is 1. The fourth-order valence-electron chi connectivity index (χ4n) is 3.48. The highest BCUT2D eigenvalue weighted by Crippen LogP contribution is 2.25. The molecule has 3 aromatic rings. The normalized spacial score (nSPS) is 14.2. The Balaban J connectivity index is 1.48. The van der Waals surface area contributed by atoms with Crippen molar-refractivity contribution in [1.82, 2.24) is 24.6 Å². The molecule has 134 valence electrons. The predicted molar refractivity (Wildman–Crippen MR) is 102 cm³/mol. The molecule has 0 saturated heterocycles. The lowest BCUT2D eigenvalue weighted by Crippen LogP contribution is -2.30. The average Bonchev–Trinajstić information content (AvgIpc) is 3.08. The molecule has 0 aliphatic carbocycles. The topological polar surface area (TPSA) is 50.1 Å². The molecule has 6 nitrogen and oxygen atoms in total. The van der Waals surface area contributed by atoms with Crippen LogP contribution in [-0.2, 0) is 26.1 Å². The molecule has 1 aromatic carbocycles. The summed E-state index contributed by atoms with van der Waals surface area (Å²) in [6.07, 6.45) is 6.74. The van der Waals surface area contributed by atoms with Crippen LogP contribution in [0, 0.1) is 0 Å². The van der Waals surface area contributed by atoms with E-state index in [1.165, 1.54) is 22.4 Å². The summed E-state index contributed by atoms with van der Waals surface area (Å²) in [5.74, 6) is 1.03. The Morgan fingerprint density at radius 2 is 1.96 bits per heavy atom. The summed E-state index contributed by atoms with van der Waals surface area (Å²) in [6, 6.07) is 10.4. The van der Waals surface area contributed by atoms with Crippen molar-refractivity contribution in [2.45, 2.75) is 26.1 Å². The van der Waals surface area contributed by atoms with Crippen molar-refractivity contribution in [1.29, 1.82) is 0 Å². The summed E-state index contributed by atoms with van der Waals surface area (Å²) < 4.78 is 1.99. The van der Waals surface area contributed by atoms with E-state index in [-0.39, 0.29) is 0 Å². The van der Waals surface area contributed by atoms with Gasteiger partial charge in [0, 0.05) is 50.4 Å². The molecule has 0 spiro atoms. The smallest absolute Gasteiger partial charge is 0.136 e. The van der Waals surface area contributed by atoms with E-state index < -0.39 is 0 Å². The van der Waals surface area contributed by atoms with Gasteiger partial charge in [-0.3, -0.25) is 4.68 Å². The van der Waals surface area contributed by atoms with Crippen LogP contribution in [0.5, 0.6) is 0 Å². The van der Waals surface area contributed by atoms with E-state index in [1.54, 1.807) is 6.33 Å². The molecule has 0 bridgehead atoms. The SMILES string of the molecule is CN1CCc2ncnc(N(C)Cc3cnn(Cc4ccccc4)c3)c2C1. The van der Waals surface area contributed by atoms with E-state index >= 15 is 0 Å². The second-order valence-corrected chi connectivity index (χ2v) is 7.00. The van der Waals surface area contributed by atoms with Gasteiger partial charge in [0.1, 0.15) is 12.1 Å². The average molecular weight is 348 g/mol. The zero-order chi connectivity index (χ0) is 17.9. The number of anilines is 1. The van der Waals surface area contributed by atoms with Crippen molar-refractivity contribution in [3.8, 4) is 0 Å². The molecule has 0 amide bonds. The first kappa shape index (κ1) is 16.7. The highest BCUT2D eigenvalue weighted by atomic mass is 15.3. The first-order valence-electron chi connectivity index (χ1n) is 8.97. The Morgan fingerprint density at radius 1 is 1.12 bits per heavy atom. The molecule has 2 aromatic heterocycles. The molecule has 3 heterocycles. The Kier molecular flexibility index (Phi) is 4.67. The van der Waals surface area contributed by atoms with Gasteiger partial charge in [0.05, 0.1) is 18.4 Å². The van der Waals surface area contributed by atoms with Gasteiger partial charge in [0.25, 0.3) is 0 Å². The zero-order valence-electron chi connectivity index (χ0n) is 15.3. The lowest BCUT2D eigenvalue weighted by atomic mass is 10.1. The maximum absolute atomic E-state index is 4.56. The van der Waals surface area contributed by atoms with Crippen molar-refractivity contribution >= 4 is 5.82 Å². The van der Waals surface area contributed by atoms with Crippen molar-refractivity contribution in [2.75, 3.05) is 25.5 Å². The first-order chi connectivity index (χ1) is 12.7. The molecule has 1 aliphatic rings. The quantitative estimate of drug-likeness (QED) is 0.708. The largest absolute Gasteiger partial charge is 0.355 e. The summed E-state index contributed by atoms with van der Waals surface area (Å²) >= 11 is 0. The van der Waals surface area contributed by atoms with Crippen molar-refractivity contribution in [3.63, 3.8) is 0 Å². The number of benzene rings is 1. The van der Waals surface area contributed by atoms with E-state index in [1.807, 2.05) is 16.9 Å². The van der Waals surface area contributed by atoms with Crippen molar-refractivity contribution < 1.29 is 0 Å². The lowest BCUT2D eigenvalue weighted by Gasteiger charge is -2.28. The third-order valence-corrected chi connectivity index (χ3v) is 4.83. The molecule has 0 radical (unpaired) electrons. The Bertz CT molecular complexity index is 873. The number of hydrogen-bond donors (Lipinski definition) is 0. The molecule has 0 atom stereocenters. The molecule has 1 aliphatic heterocycles. The standard InChI is InChI=1S/C20H24N6/c1-24-9-8-19-18(14-24)20(22-15-21-19)25(2)11-17-10-23-26(13-17)12-16-6-4-3-5-7-16/h3-7,10,13,15H,8-9,11-12,14H2,1-2H3. The van der Waals surface area contributed by atoms with Gasteiger partial charge in [-0.15, -0.1) is 0 Å². The van der Waals surface area contributed by atoms with Crippen LogP contribution in [0.15, 0.2) is 49.1 Å². The van der Waals surface area contributed by atoms with Crippen LogP contribution in [0.3, 0.4) is 0 Å². The fraction of sp³-hybridized carbons (Fsp3) is 0.350. The zero-order valence-corrected chi connectivity index (χ0v) is 15.3. The molecule has 0 unspecified atom stereocenters. The van der Waals surface area contributed by atoms with Gasteiger partial charge in [-0.2, -0.15) is 5.10 Å². The first-order valence-corrected chi connectivity index (χ1v) is 8.97. The molecular formula is C20H24N6. The van der Waals surface area contributed by atoms with Crippen LogP contribution in [0.2, 0.25) is 0 Å². The minimum Gasteiger partial charge on any atom is -0.355 e. The van der Waals surface area contributed by atoms with Gasteiger partial charge in [-0.1, -0.05) is 30.3 Å². The maximum Gasteiger partial charge on any atom is 0.136 e. The second-order valence-electron chi connectivity index (χ2n) is 7.00. The van der Waals surface area contributed by atoms with E-state index in [4.69, 9.17) is 0 Å². The van der Waals surface area contributed by atoms with E-state index in [9.17, 15) is 0 Å². The van der Waals surface area contributed by atoms with Crippen LogP contribution >= 0.6 is 0 Å². The van der Waals surface area contributed by atoms with Gasteiger partial charge in [0.15, 0.2) is 0 Å². The molecule has 0 fully saturated rings. The van der Waals surface area contributed by atoms with Gasteiger partial charge >= 0.3 is 0 Å². The minimum atomic E-state index is 0.780. The van der Waals surface area contributed by atoms with Crippen molar-refractivity contribution in [3.05, 3.63) is 71.4 Å². The Morgan fingerprint density at radius 3 is 2.81 bits per heavy atom. The van der Waals surface area contributed by atoms with Gasteiger partial charge in [-0.25, -0.2) is 9.97 Å². The van der Waals surface area contributed by atoms with Gasteiger partial charge in [-0.05, 0) is 12.6 Å². The minimum absolute atomic E-state index is 0.780. The summed E-state index contributed by atoms with van der Waals surface area (Å²) in [4.78, 5) is 13.6. The third-order valence-electron chi connectivity index (χ3n) is 4.83. The van der Waals surface area contributed by atoms with Crippen LogP contribution < -0.4 is 4.90 Å². The monoisotopic (exact) mass is 348 g/mol. The number of nitrogens with zero attached hydrogens (tertiary/aromatic N) is 6. The predicted octanol–water partition coefficient (Wildman–Crippen LogP) is 2.35. The van der Waals surface area contributed by atoms with Crippen molar-refractivity contribution in [2.24, 2.45) is 0 Å². The molecule has 26 heavy (non-hydrogen) atoms. The molecule has 0 N–H and O–H groups in total. The molecule has 6 heteroatoms. The molecule has 0 saturated carbocycles.